The molecular formula is C17H29ClN2. The van der Waals surface area contributed by atoms with Crippen LogP contribution in [-0.4, -0.2) is 31.1 Å². The Labute approximate surface area is 129 Å². The number of hydrogen-bond acceptors (Lipinski definition) is 2. The van der Waals surface area contributed by atoms with Crippen LogP contribution in [0.4, 0.5) is 0 Å². The molecule has 0 radical (unpaired) electrons. The van der Waals surface area contributed by atoms with Gasteiger partial charge in [-0.1, -0.05) is 51.4 Å². The van der Waals surface area contributed by atoms with Crippen LogP contribution in [0.15, 0.2) is 24.3 Å². The average molecular weight is 297 g/mol. The highest BCUT2D eigenvalue weighted by Gasteiger charge is 2.23. The van der Waals surface area contributed by atoms with E-state index in [0.29, 0.717) is 11.5 Å². The summed E-state index contributed by atoms with van der Waals surface area (Å²) < 4.78 is 0. The predicted octanol–water partition coefficient (Wildman–Crippen LogP) is 4.19. The maximum Gasteiger partial charge on any atom is 0.0406 e. The van der Waals surface area contributed by atoms with Crippen LogP contribution in [0.1, 0.15) is 39.7 Å². The van der Waals surface area contributed by atoms with E-state index in [1.807, 2.05) is 12.1 Å². The minimum atomic E-state index is 0.303. The Hall–Kier alpha value is -0.570. The molecule has 0 heterocycles. The van der Waals surface area contributed by atoms with Gasteiger partial charge < -0.3 is 10.2 Å². The lowest BCUT2D eigenvalue weighted by molar-refractivity contribution is 0.221. The minimum Gasteiger partial charge on any atom is -0.314 e. The van der Waals surface area contributed by atoms with Crippen molar-refractivity contribution in [1.82, 2.24) is 10.2 Å². The monoisotopic (exact) mass is 296 g/mol. The topological polar surface area (TPSA) is 15.3 Å². The summed E-state index contributed by atoms with van der Waals surface area (Å²) >= 11 is 5.91. The van der Waals surface area contributed by atoms with Crippen molar-refractivity contribution in [3.8, 4) is 0 Å². The van der Waals surface area contributed by atoms with E-state index in [0.717, 1.165) is 24.7 Å². The number of nitrogens with zero attached hydrogens (tertiary/aromatic N) is 1. The zero-order chi connectivity index (χ0) is 15.2. The molecular weight excluding hydrogens is 268 g/mol. The van der Waals surface area contributed by atoms with Gasteiger partial charge in [0.05, 0.1) is 0 Å². The van der Waals surface area contributed by atoms with Gasteiger partial charge in [-0.2, -0.15) is 0 Å². The normalized spacial score (nSPS) is 13.8. The van der Waals surface area contributed by atoms with E-state index >= 15 is 0 Å². The Balaban J connectivity index is 2.45. The van der Waals surface area contributed by atoms with Crippen molar-refractivity contribution < 1.29 is 0 Å². The molecule has 0 aliphatic carbocycles. The third-order valence-electron chi connectivity index (χ3n) is 3.66. The van der Waals surface area contributed by atoms with Crippen molar-refractivity contribution in [2.45, 2.75) is 46.7 Å². The van der Waals surface area contributed by atoms with Gasteiger partial charge in [-0.3, -0.25) is 0 Å². The van der Waals surface area contributed by atoms with Crippen molar-refractivity contribution >= 4 is 11.6 Å². The number of nitrogens with one attached hydrogen (secondary N) is 1. The van der Waals surface area contributed by atoms with E-state index in [1.165, 1.54) is 12.0 Å². The quantitative estimate of drug-likeness (QED) is 0.812. The molecule has 1 unspecified atom stereocenters. The van der Waals surface area contributed by atoms with E-state index in [1.54, 1.807) is 0 Å². The molecule has 0 amide bonds. The number of benzene rings is 1. The van der Waals surface area contributed by atoms with E-state index in [9.17, 15) is 0 Å². The van der Waals surface area contributed by atoms with E-state index in [-0.39, 0.29) is 0 Å². The molecule has 0 spiro atoms. The van der Waals surface area contributed by atoms with Gasteiger partial charge >= 0.3 is 0 Å². The summed E-state index contributed by atoms with van der Waals surface area (Å²) in [6, 6.07) is 8.68. The van der Waals surface area contributed by atoms with Crippen LogP contribution in [0.25, 0.3) is 0 Å². The van der Waals surface area contributed by atoms with Crippen molar-refractivity contribution in [2.75, 3.05) is 20.1 Å². The van der Waals surface area contributed by atoms with Crippen LogP contribution in [0.2, 0.25) is 5.02 Å². The predicted molar refractivity (Wildman–Crippen MR) is 89.3 cm³/mol. The fraction of sp³-hybridized carbons (Fsp3) is 0.647. The van der Waals surface area contributed by atoms with Crippen molar-refractivity contribution in [3.05, 3.63) is 34.9 Å². The highest BCUT2D eigenvalue weighted by molar-refractivity contribution is 6.30. The molecule has 3 heteroatoms. The maximum atomic E-state index is 5.91. The molecule has 1 aromatic carbocycles. The number of hydrogen-bond donors (Lipinski definition) is 1. The highest BCUT2D eigenvalue weighted by atomic mass is 35.5. The first-order valence-corrected chi connectivity index (χ1v) is 7.87. The maximum absolute atomic E-state index is 5.91. The molecule has 0 aliphatic heterocycles. The Morgan fingerprint density at radius 3 is 2.30 bits per heavy atom. The largest absolute Gasteiger partial charge is 0.314 e. The zero-order valence-corrected chi connectivity index (χ0v) is 14.3. The summed E-state index contributed by atoms with van der Waals surface area (Å²) in [4.78, 5) is 2.37. The summed E-state index contributed by atoms with van der Waals surface area (Å²) in [6.45, 7) is 12.2. The Morgan fingerprint density at radius 1 is 1.20 bits per heavy atom. The summed E-state index contributed by atoms with van der Waals surface area (Å²) in [5, 5.41) is 4.41. The smallest absolute Gasteiger partial charge is 0.0406 e. The average Bonchev–Trinajstić information content (AvgIpc) is 2.36. The number of rotatable bonds is 7. The van der Waals surface area contributed by atoms with Gasteiger partial charge in [0.2, 0.25) is 0 Å². The Bertz CT molecular complexity index is 381. The van der Waals surface area contributed by atoms with Crippen molar-refractivity contribution in [2.24, 2.45) is 5.41 Å². The lowest BCUT2D eigenvalue weighted by Crippen LogP contribution is -2.42. The standard InChI is InChI=1S/C17H29ClN2/c1-6-19-16(17(2,3)4)11-12-20(5)13-14-7-9-15(18)10-8-14/h7-10,16,19H,6,11-13H2,1-5H3. The molecule has 0 fully saturated rings. The molecule has 0 aromatic heterocycles. The summed E-state index contributed by atoms with van der Waals surface area (Å²) in [5.41, 5.74) is 1.62. The first-order valence-electron chi connectivity index (χ1n) is 7.49. The molecule has 0 aliphatic rings. The Morgan fingerprint density at radius 2 is 1.80 bits per heavy atom. The van der Waals surface area contributed by atoms with Gasteiger partial charge in [-0.25, -0.2) is 0 Å². The SMILES string of the molecule is CCNC(CCN(C)Cc1ccc(Cl)cc1)C(C)(C)C. The molecule has 1 rings (SSSR count). The van der Waals surface area contributed by atoms with E-state index in [4.69, 9.17) is 11.6 Å². The molecule has 1 atom stereocenters. The third kappa shape index (κ3) is 6.25. The second-order valence-electron chi connectivity index (χ2n) is 6.63. The lowest BCUT2D eigenvalue weighted by atomic mass is 9.84. The van der Waals surface area contributed by atoms with Crippen molar-refractivity contribution in [1.29, 1.82) is 0 Å². The Kier molecular flexibility index (Phi) is 7.01. The van der Waals surface area contributed by atoms with E-state index < -0.39 is 0 Å². The molecule has 20 heavy (non-hydrogen) atoms. The second kappa shape index (κ2) is 8.02. The van der Waals surface area contributed by atoms with Gasteiger partial charge in [0, 0.05) is 17.6 Å². The van der Waals surface area contributed by atoms with Crippen LogP contribution in [0.3, 0.4) is 0 Å². The van der Waals surface area contributed by atoms with Crippen LogP contribution in [0, 0.1) is 5.41 Å². The highest BCUT2D eigenvalue weighted by Crippen LogP contribution is 2.22. The zero-order valence-electron chi connectivity index (χ0n) is 13.5. The molecule has 1 aromatic rings. The fourth-order valence-electron chi connectivity index (χ4n) is 2.42. The van der Waals surface area contributed by atoms with Gasteiger partial charge in [-0.05, 0) is 49.7 Å². The van der Waals surface area contributed by atoms with Crippen LogP contribution in [0.5, 0.6) is 0 Å². The summed E-state index contributed by atoms with van der Waals surface area (Å²) in [5.74, 6) is 0. The van der Waals surface area contributed by atoms with Crippen molar-refractivity contribution in [3.63, 3.8) is 0 Å². The second-order valence-corrected chi connectivity index (χ2v) is 7.07. The number of halogens is 1. The molecule has 0 saturated heterocycles. The van der Waals surface area contributed by atoms with Gasteiger partial charge in [0.15, 0.2) is 0 Å². The molecule has 0 saturated carbocycles. The molecule has 2 nitrogen and oxygen atoms in total. The van der Waals surface area contributed by atoms with Crippen LogP contribution < -0.4 is 5.32 Å². The fourth-order valence-corrected chi connectivity index (χ4v) is 2.54. The van der Waals surface area contributed by atoms with E-state index in [2.05, 4.69) is 57.1 Å². The summed E-state index contributed by atoms with van der Waals surface area (Å²) in [7, 11) is 2.18. The van der Waals surface area contributed by atoms with Gasteiger partial charge in [0.25, 0.3) is 0 Å². The molecule has 114 valence electrons. The summed E-state index contributed by atoms with van der Waals surface area (Å²) in [6.07, 6.45) is 1.17. The van der Waals surface area contributed by atoms with Gasteiger partial charge in [-0.15, -0.1) is 0 Å². The first-order chi connectivity index (χ1) is 9.32. The lowest BCUT2D eigenvalue weighted by Gasteiger charge is -2.33. The first kappa shape index (κ1) is 17.5. The van der Waals surface area contributed by atoms with Crippen LogP contribution in [-0.2, 0) is 6.54 Å². The molecule has 1 N–H and O–H groups in total. The minimum absolute atomic E-state index is 0.303. The molecule has 0 bridgehead atoms. The van der Waals surface area contributed by atoms with Crippen LogP contribution >= 0.6 is 11.6 Å². The third-order valence-corrected chi connectivity index (χ3v) is 3.91. The van der Waals surface area contributed by atoms with Gasteiger partial charge in [0.1, 0.15) is 0 Å².